The number of amides is 1. The number of nitrogens with zero attached hydrogens (tertiary/aromatic N) is 1. The first-order valence-corrected chi connectivity index (χ1v) is 7.26. The van der Waals surface area contributed by atoms with Crippen LogP contribution < -0.4 is 4.90 Å². The number of halogens is 2. The van der Waals surface area contributed by atoms with Crippen LogP contribution in [0.15, 0.2) is 46.9 Å². The van der Waals surface area contributed by atoms with Crippen molar-refractivity contribution in [2.75, 3.05) is 11.4 Å². The molecule has 1 N–H and O–H groups in total. The quantitative estimate of drug-likeness (QED) is 0.883. The van der Waals surface area contributed by atoms with Gasteiger partial charge in [-0.1, -0.05) is 23.7 Å². The molecule has 0 aromatic heterocycles. The molecule has 0 saturated heterocycles. The van der Waals surface area contributed by atoms with Gasteiger partial charge in [0.15, 0.2) is 0 Å². The van der Waals surface area contributed by atoms with Gasteiger partial charge in [-0.05, 0) is 47.1 Å². The van der Waals surface area contributed by atoms with E-state index in [0.29, 0.717) is 27.3 Å². The first-order chi connectivity index (χ1) is 9.54. The second kappa shape index (κ2) is 6.29. The summed E-state index contributed by atoms with van der Waals surface area (Å²) in [7, 11) is 0. The Morgan fingerprint density at radius 3 is 2.65 bits per heavy atom. The number of carbonyl (C=O) groups excluding carboxylic acids is 1. The summed E-state index contributed by atoms with van der Waals surface area (Å²) in [5, 5.41) is 9.92. The second-order valence-electron chi connectivity index (χ2n) is 4.17. The van der Waals surface area contributed by atoms with Crippen LogP contribution in [0.25, 0.3) is 0 Å². The highest BCUT2D eigenvalue weighted by molar-refractivity contribution is 9.10. The molecule has 2 rings (SSSR count). The molecule has 0 saturated carbocycles. The zero-order chi connectivity index (χ0) is 14.7. The lowest BCUT2D eigenvalue weighted by Crippen LogP contribution is -2.30. The van der Waals surface area contributed by atoms with E-state index < -0.39 is 0 Å². The molecule has 104 valence electrons. The molecular formula is C15H13BrClNO2. The summed E-state index contributed by atoms with van der Waals surface area (Å²) in [5.74, 6) is -0.0847. The molecular weight excluding hydrogens is 342 g/mol. The van der Waals surface area contributed by atoms with Crippen LogP contribution in [-0.4, -0.2) is 17.6 Å². The third kappa shape index (κ3) is 2.97. The van der Waals surface area contributed by atoms with E-state index in [2.05, 4.69) is 15.9 Å². The van der Waals surface area contributed by atoms with Gasteiger partial charge in [-0.2, -0.15) is 0 Å². The number of hydrogen-bond acceptors (Lipinski definition) is 2. The molecule has 0 spiro atoms. The molecule has 2 aromatic carbocycles. The average Bonchev–Trinajstić information content (AvgIpc) is 2.42. The van der Waals surface area contributed by atoms with Gasteiger partial charge in [-0.25, -0.2) is 0 Å². The Bertz CT molecular complexity index is 646. The van der Waals surface area contributed by atoms with Gasteiger partial charge in [0, 0.05) is 22.8 Å². The third-order valence-corrected chi connectivity index (χ3v) is 4.18. The molecule has 0 aliphatic rings. The molecule has 0 atom stereocenters. The number of carbonyl (C=O) groups is 1. The summed E-state index contributed by atoms with van der Waals surface area (Å²) in [5.41, 5.74) is 1.06. The summed E-state index contributed by atoms with van der Waals surface area (Å²) >= 11 is 9.47. The van der Waals surface area contributed by atoms with E-state index in [1.165, 1.54) is 0 Å². The van der Waals surface area contributed by atoms with Gasteiger partial charge >= 0.3 is 0 Å². The predicted molar refractivity (Wildman–Crippen MR) is 84.6 cm³/mol. The highest BCUT2D eigenvalue weighted by Crippen LogP contribution is 2.29. The Labute approximate surface area is 130 Å². The SMILES string of the molecule is CCN(C(=O)c1cccc(Br)c1Cl)c1cccc(O)c1. The van der Waals surface area contributed by atoms with Crippen LogP contribution in [0.4, 0.5) is 5.69 Å². The second-order valence-corrected chi connectivity index (χ2v) is 5.40. The van der Waals surface area contributed by atoms with Gasteiger partial charge in [-0.15, -0.1) is 0 Å². The number of hydrogen-bond donors (Lipinski definition) is 1. The van der Waals surface area contributed by atoms with Gasteiger partial charge < -0.3 is 10.0 Å². The topological polar surface area (TPSA) is 40.5 Å². The van der Waals surface area contributed by atoms with E-state index in [1.807, 2.05) is 6.92 Å². The molecule has 0 unspecified atom stereocenters. The van der Waals surface area contributed by atoms with E-state index in [-0.39, 0.29) is 11.7 Å². The summed E-state index contributed by atoms with van der Waals surface area (Å²) in [6.45, 7) is 2.35. The zero-order valence-corrected chi connectivity index (χ0v) is 13.1. The van der Waals surface area contributed by atoms with Crippen LogP contribution in [0, 0.1) is 0 Å². The number of phenols is 1. The van der Waals surface area contributed by atoms with Crippen molar-refractivity contribution >= 4 is 39.1 Å². The predicted octanol–water partition coefficient (Wildman–Crippen LogP) is 4.47. The molecule has 0 aliphatic heterocycles. The van der Waals surface area contributed by atoms with Gasteiger partial charge in [0.05, 0.1) is 10.6 Å². The minimum absolute atomic E-state index is 0.120. The largest absolute Gasteiger partial charge is 0.508 e. The maximum Gasteiger partial charge on any atom is 0.259 e. The monoisotopic (exact) mass is 353 g/mol. The number of benzene rings is 2. The van der Waals surface area contributed by atoms with Crippen LogP contribution in [0.1, 0.15) is 17.3 Å². The Balaban J connectivity index is 2.42. The number of anilines is 1. The molecule has 2 aromatic rings. The lowest BCUT2D eigenvalue weighted by molar-refractivity contribution is 0.0988. The zero-order valence-electron chi connectivity index (χ0n) is 10.8. The van der Waals surface area contributed by atoms with E-state index in [4.69, 9.17) is 11.6 Å². The Morgan fingerprint density at radius 2 is 2.00 bits per heavy atom. The van der Waals surface area contributed by atoms with Gasteiger partial charge in [0.1, 0.15) is 5.75 Å². The molecule has 1 amide bonds. The minimum atomic E-state index is -0.204. The van der Waals surface area contributed by atoms with Crippen molar-refractivity contribution in [2.45, 2.75) is 6.92 Å². The van der Waals surface area contributed by atoms with Gasteiger partial charge in [0.2, 0.25) is 0 Å². The smallest absolute Gasteiger partial charge is 0.259 e. The molecule has 5 heteroatoms. The fourth-order valence-electron chi connectivity index (χ4n) is 1.92. The molecule has 0 fully saturated rings. The Hall–Kier alpha value is -1.52. The third-order valence-electron chi connectivity index (χ3n) is 2.88. The van der Waals surface area contributed by atoms with Crippen molar-refractivity contribution in [3.05, 3.63) is 57.5 Å². The van der Waals surface area contributed by atoms with Crippen molar-refractivity contribution < 1.29 is 9.90 Å². The molecule has 0 bridgehead atoms. The van der Waals surface area contributed by atoms with Gasteiger partial charge in [-0.3, -0.25) is 4.79 Å². The first-order valence-electron chi connectivity index (χ1n) is 6.09. The highest BCUT2D eigenvalue weighted by Gasteiger charge is 2.19. The number of rotatable bonds is 3. The van der Waals surface area contributed by atoms with E-state index in [1.54, 1.807) is 47.4 Å². The normalized spacial score (nSPS) is 10.3. The van der Waals surface area contributed by atoms with Crippen LogP contribution in [0.3, 0.4) is 0 Å². The molecule has 20 heavy (non-hydrogen) atoms. The summed E-state index contributed by atoms with van der Waals surface area (Å²) in [6, 6.07) is 11.8. The van der Waals surface area contributed by atoms with Crippen molar-refractivity contribution in [1.82, 2.24) is 0 Å². The van der Waals surface area contributed by atoms with Crippen LogP contribution in [0.2, 0.25) is 5.02 Å². The van der Waals surface area contributed by atoms with Crippen LogP contribution in [0.5, 0.6) is 5.75 Å². The molecule has 0 aliphatic carbocycles. The maximum absolute atomic E-state index is 12.6. The Morgan fingerprint density at radius 1 is 1.30 bits per heavy atom. The fourth-order valence-corrected chi connectivity index (χ4v) is 2.49. The lowest BCUT2D eigenvalue weighted by Gasteiger charge is -2.22. The van der Waals surface area contributed by atoms with E-state index in [9.17, 15) is 9.90 Å². The molecule has 3 nitrogen and oxygen atoms in total. The summed E-state index contributed by atoms with van der Waals surface area (Å²) < 4.78 is 0.678. The Kier molecular flexibility index (Phi) is 4.68. The van der Waals surface area contributed by atoms with Crippen molar-refractivity contribution in [2.24, 2.45) is 0 Å². The molecule has 0 radical (unpaired) electrons. The van der Waals surface area contributed by atoms with Crippen molar-refractivity contribution in [1.29, 1.82) is 0 Å². The van der Waals surface area contributed by atoms with Crippen molar-refractivity contribution in [3.63, 3.8) is 0 Å². The average molecular weight is 355 g/mol. The van der Waals surface area contributed by atoms with Crippen molar-refractivity contribution in [3.8, 4) is 5.75 Å². The standard InChI is InChI=1S/C15H13BrClNO2/c1-2-18(10-5-3-6-11(19)9-10)15(20)12-7-4-8-13(16)14(12)17/h3-9,19H,2H2,1H3. The lowest BCUT2D eigenvalue weighted by atomic mass is 10.1. The van der Waals surface area contributed by atoms with Gasteiger partial charge in [0.25, 0.3) is 5.91 Å². The number of aromatic hydroxyl groups is 1. The summed E-state index contributed by atoms with van der Waals surface area (Å²) in [4.78, 5) is 14.2. The van der Waals surface area contributed by atoms with E-state index in [0.717, 1.165) is 0 Å². The summed E-state index contributed by atoms with van der Waals surface area (Å²) in [6.07, 6.45) is 0. The number of phenolic OH excluding ortho intramolecular Hbond substituents is 1. The fraction of sp³-hybridized carbons (Fsp3) is 0.133. The maximum atomic E-state index is 12.6. The van der Waals surface area contributed by atoms with E-state index >= 15 is 0 Å². The minimum Gasteiger partial charge on any atom is -0.508 e. The van der Waals surface area contributed by atoms with Crippen LogP contribution >= 0.6 is 27.5 Å². The highest BCUT2D eigenvalue weighted by atomic mass is 79.9. The first kappa shape index (κ1) is 14.9. The molecule has 0 heterocycles. The van der Waals surface area contributed by atoms with Crippen LogP contribution in [-0.2, 0) is 0 Å².